The van der Waals surface area contributed by atoms with E-state index in [1.54, 1.807) is 0 Å². The highest BCUT2D eigenvalue weighted by Crippen LogP contribution is 2.38. The molecule has 1 heterocycles. The van der Waals surface area contributed by atoms with Gasteiger partial charge in [-0.15, -0.1) is 0 Å². The fraction of sp³-hybridized carbons (Fsp3) is 0.150. The number of carboxylic acids is 1. The maximum absolute atomic E-state index is 13.0. The minimum absolute atomic E-state index is 0.0674. The van der Waals surface area contributed by atoms with Crippen molar-refractivity contribution in [2.45, 2.75) is 18.9 Å². The Hall–Kier alpha value is -3.48. The third-order valence-electron chi connectivity index (χ3n) is 4.41. The normalized spacial score (nSPS) is 16.1. The summed E-state index contributed by atoms with van der Waals surface area (Å²) in [6, 6.07) is 4.08. The first kappa shape index (κ1) is 24.2. The molecule has 0 spiro atoms. The van der Waals surface area contributed by atoms with Gasteiger partial charge in [-0.2, -0.15) is 26.3 Å². The first-order valence-corrected chi connectivity index (χ1v) is 9.58. The number of phenols is 1. The fourth-order valence-electron chi connectivity index (χ4n) is 2.90. The minimum Gasteiger partial charge on any atom is -0.507 e. The van der Waals surface area contributed by atoms with E-state index in [9.17, 15) is 45.8 Å². The Morgan fingerprint density at radius 1 is 0.970 bits per heavy atom. The summed E-state index contributed by atoms with van der Waals surface area (Å²) in [6.45, 7) is -0.842. The molecule has 174 valence electrons. The zero-order valence-corrected chi connectivity index (χ0v) is 16.8. The summed E-state index contributed by atoms with van der Waals surface area (Å²) in [5, 5.41) is 17.6. The van der Waals surface area contributed by atoms with Crippen molar-refractivity contribution in [3.05, 3.63) is 69.1 Å². The molecule has 6 nitrogen and oxygen atoms in total. The number of carboxylic acid groups (broad SMARTS) is 1. The number of hydrogen-bond acceptors (Lipinski definition) is 5. The van der Waals surface area contributed by atoms with Gasteiger partial charge in [-0.3, -0.25) is 14.5 Å². The van der Waals surface area contributed by atoms with Crippen molar-refractivity contribution in [1.29, 1.82) is 0 Å². The molecular weight excluding hydrogens is 480 g/mol. The number of thioether (sulfide) groups is 1. The van der Waals surface area contributed by atoms with E-state index in [-0.39, 0.29) is 16.5 Å². The summed E-state index contributed by atoms with van der Waals surface area (Å²) in [7, 11) is 0. The molecule has 0 unspecified atom stereocenters. The van der Waals surface area contributed by atoms with Gasteiger partial charge in [0.05, 0.1) is 22.6 Å². The van der Waals surface area contributed by atoms with Crippen LogP contribution in [0.3, 0.4) is 0 Å². The van der Waals surface area contributed by atoms with E-state index in [2.05, 4.69) is 0 Å². The van der Waals surface area contributed by atoms with Gasteiger partial charge >= 0.3 is 18.3 Å². The standard InChI is InChI=1S/C20H11F6NO5S/c21-19(22,23)11-3-10(4-12(7-11)20(24,25)26)8-27-16(29)15(33-18(27)32)6-9-1-2-14(28)13(5-9)17(30)31/h1-7,28H,8H2,(H,30,31)/b15-6-. The van der Waals surface area contributed by atoms with Gasteiger partial charge in [0.1, 0.15) is 11.3 Å². The highest BCUT2D eigenvalue weighted by Gasteiger charge is 2.39. The van der Waals surface area contributed by atoms with E-state index in [1.165, 1.54) is 6.07 Å². The Balaban J connectivity index is 1.93. The molecule has 1 fully saturated rings. The highest BCUT2D eigenvalue weighted by atomic mass is 32.2. The first-order valence-electron chi connectivity index (χ1n) is 8.77. The third-order valence-corrected chi connectivity index (χ3v) is 5.32. The smallest absolute Gasteiger partial charge is 0.416 e. The van der Waals surface area contributed by atoms with Crippen molar-refractivity contribution in [2.75, 3.05) is 0 Å². The quantitative estimate of drug-likeness (QED) is 0.442. The molecule has 0 bridgehead atoms. The van der Waals surface area contributed by atoms with Crippen molar-refractivity contribution in [3.63, 3.8) is 0 Å². The lowest BCUT2D eigenvalue weighted by Gasteiger charge is -2.17. The van der Waals surface area contributed by atoms with Crippen molar-refractivity contribution in [1.82, 2.24) is 4.90 Å². The van der Waals surface area contributed by atoms with Crippen LogP contribution in [0.25, 0.3) is 6.08 Å². The SMILES string of the molecule is O=C(O)c1cc(/C=C2\SC(=O)N(Cc3cc(C(F)(F)F)cc(C(F)(F)F)c3)C2=O)ccc1O. The second-order valence-corrected chi connectivity index (χ2v) is 7.76. The van der Waals surface area contributed by atoms with Gasteiger partial charge in [-0.1, -0.05) is 6.07 Å². The van der Waals surface area contributed by atoms with Crippen LogP contribution in [-0.2, 0) is 23.7 Å². The van der Waals surface area contributed by atoms with Crippen LogP contribution in [0.5, 0.6) is 5.75 Å². The summed E-state index contributed by atoms with van der Waals surface area (Å²) >= 11 is 0.378. The van der Waals surface area contributed by atoms with Crippen molar-refractivity contribution >= 4 is 35.0 Å². The van der Waals surface area contributed by atoms with Gasteiger partial charge in [0.15, 0.2) is 0 Å². The summed E-state index contributed by atoms with van der Waals surface area (Å²) in [5.74, 6) is -2.99. The van der Waals surface area contributed by atoms with Crippen LogP contribution in [0, 0.1) is 0 Å². The second-order valence-electron chi connectivity index (χ2n) is 6.76. The van der Waals surface area contributed by atoms with E-state index in [1.807, 2.05) is 0 Å². The van der Waals surface area contributed by atoms with Crippen molar-refractivity contribution in [3.8, 4) is 5.75 Å². The van der Waals surface area contributed by atoms with Gasteiger partial charge < -0.3 is 10.2 Å². The maximum atomic E-state index is 13.0. The Bertz CT molecular complexity index is 1160. The summed E-state index contributed by atoms with van der Waals surface area (Å²) in [4.78, 5) is 36.2. The minimum atomic E-state index is -5.09. The molecular formula is C20H11F6NO5S. The Morgan fingerprint density at radius 3 is 2.06 bits per heavy atom. The monoisotopic (exact) mass is 491 g/mol. The number of benzene rings is 2. The average molecular weight is 491 g/mol. The Morgan fingerprint density at radius 2 is 1.55 bits per heavy atom. The predicted octanol–water partition coefficient (Wildman–Crippen LogP) is 5.36. The number of rotatable bonds is 4. The predicted molar refractivity (Wildman–Crippen MR) is 103 cm³/mol. The number of halogens is 6. The fourth-order valence-corrected chi connectivity index (χ4v) is 3.73. The highest BCUT2D eigenvalue weighted by molar-refractivity contribution is 8.18. The molecule has 0 radical (unpaired) electrons. The zero-order chi connectivity index (χ0) is 24.7. The summed E-state index contributed by atoms with van der Waals surface area (Å²) < 4.78 is 78.2. The van der Waals surface area contributed by atoms with Gasteiger partial charge in [-0.25, -0.2) is 4.79 Å². The number of nitrogens with zero attached hydrogens (tertiary/aromatic N) is 1. The van der Waals surface area contributed by atoms with Crippen LogP contribution in [0.2, 0.25) is 0 Å². The number of aromatic carboxylic acids is 1. The molecule has 0 saturated carbocycles. The molecule has 33 heavy (non-hydrogen) atoms. The number of imide groups is 1. The molecule has 1 aliphatic heterocycles. The average Bonchev–Trinajstić information content (AvgIpc) is 2.95. The van der Waals surface area contributed by atoms with E-state index in [4.69, 9.17) is 5.11 Å². The number of alkyl halides is 6. The third kappa shape index (κ3) is 5.30. The lowest BCUT2D eigenvalue weighted by atomic mass is 10.0. The Kier molecular flexibility index (Phi) is 6.20. The van der Waals surface area contributed by atoms with Gasteiger partial charge in [0, 0.05) is 0 Å². The number of amides is 2. The molecule has 2 aromatic carbocycles. The molecule has 1 aliphatic rings. The molecule has 13 heteroatoms. The van der Waals surface area contributed by atoms with Gasteiger partial charge in [0.25, 0.3) is 11.1 Å². The molecule has 1 saturated heterocycles. The maximum Gasteiger partial charge on any atom is 0.416 e. The van der Waals surface area contributed by atoms with Crippen molar-refractivity contribution < 1.29 is 50.9 Å². The molecule has 3 rings (SSSR count). The van der Waals surface area contributed by atoms with Gasteiger partial charge in [0.2, 0.25) is 0 Å². The van der Waals surface area contributed by atoms with Gasteiger partial charge in [-0.05, 0) is 59.3 Å². The summed E-state index contributed by atoms with van der Waals surface area (Å²) in [5.41, 5.74) is -4.08. The van der Waals surface area contributed by atoms with E-state index in [0.29, 0.717) is 28.8 Å². The van der Waals surface area contributed by atoms with Crippen molar-refractivity contribution in [2.24, 2.45) is 0 Å². The molecule has 2 N–H and O–H groups in total. The molecule has 2 amide bonds. The number of carbonyl (C=O) groups is 3. The van der Waals surface area contributed by atoms with Crippen LogP contribution >= 0.6 is 11.8 Å². The van der Waals surface area contributed by atoms with E-state index < -0.39 is 64.0 Å². The first-order chi connectivity index (χ1) is 15.2. The number of carbonyl (C=O) groups excluding carboxylic acids is 2. The van der Waals surface area contributed by atoms with Crippen LogP contribution in [0.15, 0.2) is 41.3 Å². The van der Waals surface area contributed by atoms with E-state index in [0.717, 1.165) is 18.2 Å². The topological polar surface area (TPSA) is 94.9 Å². The van der Waals surface area contributed by atoms with Crippen LogP contribution in [0.1, 0.15) is 32.6 Å². The van der Waals surface area contributed by atoms with E-state index >= 15 is 0 Å². The molecule has 0 atom stereocenters. The molecule has 0 aromatic heterocycles. The Labute approximate surface area is 185 Å². The molecule has 2 aromatic rings. The largest absolute Gasteiger partial charge is 0.507 e. The summed E-state index contributed by atoms with van der Waals surface area (Å²) in [6.07, 6.45) is -9.06. The molecule has 0 aliphatic carbocycles. The van der Waals surface area contributed by atoms with Crippen LogP contribution in [0.4, 0.5) is 31.1 Å². The lowest BCUT2D eigenvalue weighted by molar-refractivity contribution is -0.143. The lowest BCUT2D eigenvalue weighted by Crippen LogP contribution is -2.28. The van der Waals surface area contributed by atoms with Crippen LogP contribution < -0.4 is 0 Å². The number of aromatic hydroxyl groups is 1. The zero-order valence-electron chi connectivity index (χ0n) is 16.0. The number of hydrogen-bond donors (Lipinski definition) is 2. The second kappa shape index (κ2) is 8.46. The van der Waals surface area contributed by atoms with Crippen LogP contribution in [-0.4, -0.2) is 32.2 Å².